The van der Waals surface area contributed by atoms with Crippen molar-refractivity contribution in [1.82, 2.24) is 5.32 Å². The Morgan fingerprint density at radius 3 is 2.59 bits per heavy atom. The van der Waals surface area contributed by atoms with E-state index in [1.54, 1.807) is 6.07 Å². The van der Waals surface area contributed by atoms with Crippen LogP contribution < -0.4 is 10.2 Å². The molecule has 29 heavy (non-hydrogen) atoms. The first kappa shape index (κ1) is 21.0. The minimum absolute atomic E-state index is 0.0472. The Bertz CT molecular complexity index is 757. The van der Waals surface area contributed by atoms with Gasteiger partial charge in [0.1, 0.15) is 5.69 Å². The van der Waals surface area contributed by atoms with Crippen molar-refractivity contribution in [1.29, 1.82) is 0 Å². The van der Waals surface area contributed by atoms with Crippen LogP contribution in [-0.4, -0.2) is 55.2 Å². The molecule has 1 atom stereocenters. The van der Waals surface area contributed by atoms with Gasteiger partial charge in [-0.2, -0.15) is 0 Å². The van der Waals surface area contributed by atoms with Gasteiger partial charge in [-0.25, -0.2) is 4.79 Å². The summed E-state index contributed by atoms with van der Waals surface area (Å²) in [6.07, 6.45) is 4.23. The Kier molecular flexibility index (Phi) is 7.03. The minimum Gasteiger partial charge on any atom is -0.449 e. The van der Waals surface area contributed by atoms with E-state index in [-0.39, 0.29) is 23.2 Å². The molecule has 0 radical (unpaired) electrons. The fourth-order valence-electron chi connectivity index (χ4n) is 3.72. The van der Waals surface area contributed by atoms with E-state index in [9.17, 15) is 19.7 Å². The van der Waals surface area contributed by atoms with Gasteiger partial charge >= 0.3 is 5.97 Å². The third-order valence-electron chi connectivity index (χ3n) is 5.36. The molecule has 1 aliphatic heterocycles. The number of nitro groups is 1. The second kappa shape index (κ2) is 9.69. The normalized spacial score (nSPS) is 18.7. The number of nitrogens with zero attached hydrogens (tertiary/aromatic N) is 2. The summed E-state index contributed by atoms with van der Waals surface area (Å²) in [5.74, 6) is -1.10. The molecule has 1 N–H and O–H groups in total. The van der Waals surface area contributed by atoms with Gasteiger partial charge in [0.15, 0.2) is 6.10 Å². The standard InChI is InChI=1S/C20H27N3O6/c1-14(19(24)21-16-5-3-2-4-6-16)29-20(25)15-7-8-17(18(13-15)23(26)27)22-9-11-28-12-10-22/h7-8,13-14,16H,2-6,9-12H2,1H3,(H,21,24)/t14-/m1/s1. The molecule has 1 aliphatic carbocycles. The van der Waals surface area contributed by atoms with Crippen molar-refractivity contribution in [3.63, 3.8) is 0 Å². The summed E-state index contributed by atoms with van der Waals surface area (Å²) in [4.78, 5) is 37.6. The molecule has 1 heterocycles. The summed E-state index contributed by atoms with van der Waals surface area (Å²) in [5.41, 5.74) is 0.324. The predicted molar refractivity (Wildman–Crippen MR) is 106 cm³/mol. The van der Waals surface area contributed by atoms with E-state index < -0.39 is 17.0 Å². The number of carbonyl (C=O) groups is 2. The van der Waals surface area contributed by atoms with E-state index in [1.807, 2.05) is 4.90 Å². The van der Waals surface area contributed by atoms with Crippen molar-refractivity contribution in [2.45, 2.75) is 51.2 Å². The molecule has 2 aliphatic rings. The summed E-state index contributed by atoms with van der Waals surface area (Å²) < 4.78 is 10.5. The van der Waals surface area contributed by atoms with E-state index in [0.717, 1.165) is 25.7 Å². The van der Waals surface area contributed by atoms with Crippen molar-refractivity contribution < 1.29 is 24.0 Å². The molecule has 1 amide bonds. The van der Waals surface area contributed by atoms with Gasteiger partial charge < -0.3 is 19.7 Å². The highest BCUT2D eigenvalue weighted by atomic mass is 16.6. The average Bonchev–Trinajstić information content (AvgIpc) is 2.74. The highest BCUT2D eigenvalue weighted by molar-refractivity contribution is 5.93. The van der Waals surface area contributed by atoms with Gasteiger partial charge in [0.25, 0.3) is 11.6 Å². The zero-order valence-corrected chi connectivity index (χ0v) is 16.6. The molecular formula is C20H27N3O6. The van der Waals surface area contributed by atoms with E-state index >= 15 is 0 Å². The monoisotopic (exact) mass is 405 g/mol. The number of benzene rings is 1. The largest absolute Gasteiger partial charge is 0.449 e. The maximum Gasteiger partial charge on any atom is 0.339 e. The number of hydrogen-bond acceptors (Lipinski definition) is 7. The van der Waals surface area contributed by atoms with Crippen molar-refractivity contribution in [2.75, 3.05) is 31.2 Å². The van der Waals surface area contributed by atoms with Gasteiger partial charge in [-0.15, -0.1) is 0 Å². The minimum atomic E-state index is -0.970. The topological polar surface area (TPSA) is 111 Å². The number of nitrogens with one attached hydrogen (secondary N) is 1. The zero-order valence-electron chi connectivity index (χ0n) is 16.6. The van der Waals surface area contributed by atoms with Crippen LogP contribution in [0.4, 0.5) is 11.4 Å². The molecule has 0 bridgehead atoms. The molecule has 9 nitrogen and oxygen atoms in total. The van der Waals surface area contributed by atoms with E-state index in [2.05, 4.69) is 5.32 Å². The number of nitro benzene ring substituents is 1. The lowest BCUT2D eigenvalue weighted by atomic mass is 9.95. The Morgan fingerprint density at radius 1 is 1.24 bits per heavy atom. The van der Waals surface area contributed by atoms with Crippen molar-refractivity contribution in [3.8, 4) is 0 Å². The molecule has 9 heteroatoms. The number of rotatable bonds is 6. The van der Waals surface area contributed by atoms with Crippen LogP contribution in [0.3, 0.4) is 0 Å². The number of ether oxygens (including phenoxy) is 2. The lowest BCUT2D eigenvalue weighted by Gasteiger charge is -2.28. The number of esters is 1. The molecule has 3 rings (SSSR count). The molecule has 2 fully saturated rings. The molecule has 1 aromatic carbocycles. The lowest BCUT2D eigenvalue weighted by Crippen LogP contribution is -2.42. The van der Waals surface area contributed by atoms with Crippen LogP contribution in [0, 0.1) is 10.1 Å². The quantitative estimate of drug-likeness (QED) is 0.439. The van der Waals surface area contributed by atoms with Crippen LogP contribution in [0.5, 0.6) is 0 Å². The molecule has 1 saturated heterocycles. The lowest BCUT2D eigenvalue weighted by molar-refractivity contribution is -0.384. The van der Waals surface area contributed by atoms with Crippen LogP contribution in [0.2, 0.25) is 0 Å². The number of carbonyl (C=O) groups excluding carboxylic acids is 2. The van der Waals surface area contributed by atoms with Gasteiger partial charge in [0.2, 0.25) is 0 Å². The Morgan fingerprint density at radius 2 is 1.93 bits per heavy atom. The molecular weight excluding hydrogens is 378 g/mol. The fraction of sp³-hybridized carbons (Fsp3) is 0.600. The summed E-state index contributed by atoms with van der Waals surface area (Å²) in [6.45, 7) is 3.59. The second-order valence-corrected chi connectivity index (χ2v) is 7.45. The van der Waals surface area contributed by atoms with E-state index in [0.29, 0.717) is 32.0 Å². The highest BCUT2D eigenvalue weighted by Gasteiger charge is 2.26. The van der Waals surface area contributed by atoms with Crippen LogP contribution in [0.25, 0.3) is 0 Å². The molecule has 1 saturated carbocycles. The number of amides is 1. The van der Waals surface area contributed by atoms with Crippen molar-refractivity contribution >= 4 is 23.3 Å². The zero-order chi connectivity index (χ0) is 20.8. The highest BCUT2D eigenvalue weighted by Crippen LogP contribution is 2.30. The Labute approximate surface area is 169 Å². The SMILES string of the molecule is C[C@@H](OC(=O)c1ccc(N2CCOCC2)c([N+](=O)[O-])c1)C(=O)NC1CCCCC1. The average molecular weight is 405 g/mol. The maximum absolute atomic E-state index is 12.5. The summed E-state index contributed by atoms with van der Waals surface area (Å²) in [7, 11) is 0. The predicted octanol–water partition coefficient (Wildman–Crippen LogP) is 2.43. The third kappa shape index (κ3) is 5.44. The maximum atomic E-state index is 12.5. The van der Waals surface area contributed by atoms with Gasteiger partial charge in [-0.1, -0.05) is 19.3 Å². The Hall–Kier alpha value is -2.68. The Balaban J connectivity index is 1.65. The van der Waals surface area contributed by atoms with Crippen LogP contribution >= 0.6 is 0 Å². The van der Waals surface area contributed by atoms with Crippen LogP contribution in [0.15, 0.2) is 18.2 Å². The first-order valence-corrected chi connectivity index (χ1v) is 10.1. The molecule has 0 spiro atoms. The number of anilines is 1. The fourth-order valence-corrected chi connectivity index (χ4v) is 3.72. The van der Waals surface area contributed by atoms with Crippen LogP contribution in [-0.2, 0) is 14.3 Å². The summed E-state index contributed by atoms with van der Waals surface area (Å²) in [5, 5.41) is 14.4. The van der Waals surface area contributed by atoms with Crippen LogP contribution in [0.1, 0.15) is 49.4 Å². The van der Waals surface area contributed by atoms with Gasteiger partial charge in [0, 0.05) is 25.2 Å². The first-order valence-electron chi connectivity index (χ1n) is 10.1. The second-order valence-electron chi connectivity index (χ2n) is 7.45. The van der Waals surface area contributed by atoms with E-state index in [4.69, 9.17) is 9.47 Å². The number of hydrogen-bond donors (Lipinski definition) is 1. The summed E-state index contributed by atoms with van der Waals surface area (Å²) in [6, 6.07) is 4.36. The third-order valence-corrected chi connectivity index (χ3v) is 5.36. The molecule has 0 unspecified atom stereocenters. The van der Waals surface area contributed by atoms with Crippen molar-refractivity contribution in [3.05, 3.63) is 33.9 Å². The smallest absolute Gasteiger partial charge is 0.339 e. The van der Waals surface area contributed by atoms with Crippen molar-refractivity contribution in [2.24, 2.45) is 0 Å². The summed E-state index contributed by atoms with van der Waals surface area (Å²) >= 11 is 0. The van der Waals surface area contributed by atoms with E-state index in [1.165, 1.54) is 25.5 Å². The first-order chi connectivity index (χ1) is 14.0. The number of morpholine rings is 1. The molecule has 158 valence electrons. The molecule has 0 aromatic heterocycles. The van der Waals surface area contributed by atoms with Gasteiger partial charge in [-0.3, -0.25) is 14.9 Å². The van der Waals surface area contributed by atoms with Gasteiger partial charge in [-0.05, 0) is 31.9 Å². The van der Waals surface area contributed by atoms with Gasteiger partial charge in [0.05, 0.1) is 23.7 Å². The molecule has 1 aromatic rings.